The van der Waals surface area contributed by atoms with Crippen molar-refractivity contribution in [1.29, 1.82) is 0 Å². The van der Waals surface area contributed by atoms with E-state index in [0.29, 0.717) is 0 Å². The lowest BCUT2D eigenvalue weighted by Crippen LogP contribution is -2.33. The Kier molecular flexibility index (Phi) is 4.33. The summed E-state index contributed by atoms with van der Waals surface area (Å²) < 4.78 is 18.9. The average Bonchev–Trinajstić information content (AvgIpc) is 2.74. The van der Waals surface area contributed by atoms with Gasteiger partial charge in [0.15, 0.2) is 0 Å². The van der Waals surface area contributed by atoms with Crippen molar-refractivity contribution in [2.45, 2.75) is 24.9 Å². The quantitative estimate of drug-likeness (QED) is 0.844. The molecule has 0 radical (unpaired) electrons. The van der Waals surface area contributed by atoms with Gasteiger partial charge in [0.05, 0.1) is 11.7 Å². The predicted molar refractivity (Wildman–Crippen MR) is 69.8 cm³/mol. The molecule has 2 rings (SSSR count). The zero-order valence-corrected chi connectivity index (χ0v) is 11.3. The van der Waals surface area contributed by atoms with E-state index < -0.39 is 36.4 Å². The maximum atomic E-state index is 12.6. The monoisotopic (exact) mass is 334 g/mol. The van der Waals surface area contributed by atoms with Gasteiger partial charge in [-0.3, -0.25) is 14.3 Å². The lowest BCUT2D eigenvalue weighted by molar-refractivity contribution is -0.0311. The summed E-state index contributed by atoms with van der Waals surface area (Å²) in [7, 11) is 0. The third-order valence-electron chi connectivity index (χ3n) is 2.90. The fraction of sp³-hybridized carbons (Fsp3) is 0.455. The molecule has 3 atom stereocenters. The van der Waals surface area contributed by atoms with Crippen LogP contribution >= 0.6 is 15.9 Å². The van der Waals surface area contributed by atoms with E-state index in [4.69, 9.17) is 4.74 Å². The van der Waals surface area contributed by atoms with E-state index in [0.717, 1.165) is 4.57 Å². The lowest BCUT2D eigenvalue weighted by atomic mass is 10.2. The van der Waals surface area contributed by atoms with Gasteiger partial charge < -0.3 is 9.84 Å². The smallest absolute Gasteiger partial charge is 0.330 e. The molecule has 104 valence electrons. The number of aromatic nitrogens is 2. The summed E-state index contributed by atoms with van der Waals surface area (Å²) in [5.41, 5.74) is -0.941. The molecule has 1 fully saturated rings. The molecule has 0 saturated carbocycles. The highest BCUT2D eigenvalue weighted by molar-refractivity contribution is 9.11. The molecule has 1 aromatic rings. The second-order valence-corrected chi connectivity index (χ2v) is 4.66. The number of aliphatic hydroxyl groups excluding tert-OH is 1. The van der Waals surface area contributed by atoms with Crippen LogP contribution in [0.4, 0.5) is 4.39 Å². The molecule has 2 heterocycles. The molecule has 1 unspecified atom stereocenters. The molecule has 19 heavy (non-hydrogen) atoms. The molecule has 0 aliphatic carbocycles. The van der Waals surface area contributed by atoms with E-state index in [2.05, 4.69) is 20.9 Å². The van der Waals surface area contributed by atoms with Gasteiger partial charge in [-0.25, -0.2) is 9.18 Å². The molecular weight excluding hydrogens is 323 g/mol. The Morgan fingerprint density at radius 1 is 1.63 bits per heavy atom. The second-order valence-electron chi connectivity index (χ2n) is 4.13. The van der Waals surface area contributed by atoms with Crippen molar-refractivity contribution in [3.8, 4) is 0 Å². The number of rotatable bonds is 3. The Balaban J connectivity index is 2.38. The summed E-state index contributed by atoms with van der Waals surface area (Å²) in [6, 6.07) is 0. The molecule has 2 N–H and O–H groups in total. The molecule has 1 aliphatic rings. The minimum absolute atomic E-state index is 0.0952. The zero-order valence-electron chi connectivity index (χ0n) is 9.75. The molecule has 8 heteroatoms. The summed E-state index contributed by atoms with van der Waals surface area (Å²) in [6.07, 6.45) is 0.174. The zero-order chi connectivity index (χ0) is 14.0. The van der Waals surface area contributed by atoms with E-state index in [1.54, 1.807) is 0 Å². The van der Waals surface area contributed by atoms with Gasteiger partial charge in [-0.15, -0.1) is 0 Å². The number of hydrogen-bond donors (Lipinski definition) is 2. The number of alkyl halides is 1. The summed E-state index contributed by atoms with van der Waals surface area (Å²) in [5, 5.41) is 9.57. The fourth-order valence-corrected chi connectivity index (χ4v) is 2.21. The van der Waals surface area contributed by atoms with E-state index in [1.165, 1.54) is 17.3 Å². The Bertz CT molecular complexity index is 597. The van der Waals surface area contributed by atoms with Gasteiger partial charge in [0.2, 0.25) is 0 Å². The van der Waals surface area contributed by atoms with Crippen LogP contribution in [0.25, 0.3) is 6.08 Å². The first-order valence-electron chi connectivity index (χ1n) is 5.58. The van der Waals surface area contributed by atoms with Crippen LogP contribution in [0.15, 0.2) is 20.8 Å². The van der Waals surface area contributed by atoms with Crippen LogP contribution in [-0.2, 0) is 4.74 Å². The van der Waals surface area contributed by atoms with E-state index in [1.807, 2.05) is 0 Å². The van der Waals surface area contributed by atoms with E-state index >= 15 is 0 Å². The normalized spacial score (nSPS) is 27.2. The van der Waals surface area contributed by atoms with Gasteiger partial charge in [0, 0.05) is 12.6 Å². The van der Waals surface area contributed by atoms with Crippen LogP contribution in [0.5, 0.6) is 0 Å². The second kappa shape index (κ2) is 5.81. The molecule has 0 spiro atoms. The summed E-state index contributed by atoms with van der Waals surface area (Å²) in [4.78, 5) is 26.8. The Morgan fingerprint density at radius 2 is 2.37 bits per heavy atom. The first-order chi connectivity index (χ1) is 9.06. The predicted octanol–water partition coefficient (Wildman–Crippen LogP) is 0.520. The largest absolute Gasteiger partial charge is 0.390 e. The number of H-pyrrole nitrogens is 1. The van der Waals surface area contributed by atoms with Crippen molar-refractivity contribution >= 4 is 22.0 Å². The number of nitrogens with one attached hydrogen (secondary N) is 1. The molecule has 1 saturated heterocycles. The van der Waals surface area contributed by atoms with Crippen LogP contribution in [0.1, 0.15) is 18.2 Å². The summed E-state index contributed by atoms with van der Waals surface area (Å²) in [6.45, 7) is -0.829. The molecule has 1 aliphatic heterocycles. The Hall–Kier alpha value is -1.25. The van der Waals surface area contributed by atoms with Gasteiger partial charge in [0.25, 0.3) is 5.56 Å². The van der Waals surface area contributed by atoms with Crippen LogP contribution in [0.2, 0.25) is 0 Å². The minimum Gasteiger partial charge on any atom is -0.390 e. The SMILES string of the molecule is O=c1[nH]c(=O)n([C@@H]2CC(O)[C@H](CF)O2)cc1/C=C/Br. The number of aromatic amines is 1. The summed E-state index contributed by atoms with van der Waals surface area (Å²) in [5.74, 6) is 0. The summed E-state index contributed by atoms with van der Waals surface area (Å²) >= 11 is 3.04. The van der Waals surface area contributed by atoms with E-state index in [9.17, 15) is 19.1 Å². The van der Waals surface area contributed by atoms with Crippen LogP contribution in [-0.4, -0.2) is 33.5 Å². The minimum atomic E-state index is -0.969. The van der Waals surface area contributed by atoms with Gasteiger partial charge in [-0.2, -0.15) is 0 Å². The van der Waals surface area contributed by atoms with Crippen LogP contribution < -0.4 is 11.2 Å². The van der Waals surface area contributed by atoms with Crippen molar-refractivity contribution in [3.63, 3.8) is 0 Å². The first-order valence-corrected chi connectivity index (χ1v) is 6.50. The maximum Gasteiger partial charge on any atom is 0.330 e. The number of halogens is 2. The number of hydrogen-bond acceptors (Lipinski definition) is 4. The average molecular weight is 335 g/mol. The topological polar surface area (TPSA) is 84.3 Å². The first kappa shape index (κ1) is 14.2. The molecular formula is C11H12BrFN2O4. The number of nitrogens with zero attached hydrogens (tertiary/aromatic N) is 1. The third-order valence-corrected chi connectivity index (χ3v) is 3.17. The van der Waals surface area contributed by atoms with Crippen molar-refractivity contribution in [2.24, 2.45) is 0 Å². The van der Waals surface area contributed by atoms with Crippen LogP contribution in [0, 0.1) is 0 Å². The maximum absolute atomic E-state index is 12.6. The van der Waals surface area contributed by atoms with Gasteiger partial charge in [-0.1, -0.05) is 15.9 Å². The van der Waals surface area contributed by atoms with Gasteiger partial charge in [-0.05, 0) is 11.1 Å². The van der Waals surface area contributed by atoms with Crippen molar-refractivity contribution in [2.75, 3.05) is 6.67 Å². The highest BCUT2D eigenvalue weighted by Gasteiger charge is 2.35. The van der Waals surface area contributed by atoms with Gasteiger partial charge in [0.1, 0.15) is 19.0 Å². The third kappa shape index (κ3) is 2.85. The molecule has 1 aromatic heterocycles. The fourth-order valence-electron chi connectivity index (χ4n) is 1.93. The molecule has 0 aromatic carbocycles. The Labute approximate surface area is 115 Å². The molecule has 0 amide bonds. The highest BCUT2D eigenvalue weighted by Crippen LogP contribution is 2.27. The van der Waals surface area contributed by atoms with Crippen molar-refractivity contribution < 1.29 is 14.2 Å². The standard InChI is InChI=1S/C11H12BrFN2O4/c12-2-1-6-5-15(11(18)14-10(6)17)9-3-7(16)8(4-13)19-9/h1-2,5,7-9,16H,3-4H2,(H,14,17,18)/b2-1+/t7?,8-,9-/m0/s1. The number of ether oxygens (including phenoxy) is 1. The van der Waals surface area contributed by atoms with Crippen molar-refractivity contribution in [1.82, 2.24) is 9.55 Å². The Morgan fingerprint density at radius 3 is 2.95 bits per heavy atom. The number of aliphatic hydroxyl groups is 1. The molecule has 6 nitrogen and oxygen atoms in total. The highest BCUT2D eigenvalue weighted by atomic mass is 79.9. The lowest BCUT2D eigenvalue weighted by Gasteiger charge is -2.14. The van der Waals surface area contributed by atoms with E-state index in [-0.39, 0.29) is 12.0 Å². The molecule has 0 bridgehead atoms. The van der Waals surface area contributed by atoms with Gasteiger partial charge >= 0.3 is 5.69 Å². The van der Waals surface area contributed by atoms with Crippen molar-refractivity contribution in [3.05, 3.63) is 37.6 Å². The van der Waals surface area contributed by atoms with Crippen LogP contribution in [0.3, 0.4) is 0 Å².